The lowest BCUT2D eigenvalue weighted by molar-refractivity contribution is -0.233. The van der Waals surface area contributed by atoms with Crippen molar-refractivity contribution in [3.05, 3.63) is 23.8 Å². The lowest BCUT2D eigenvalue weighted by atomic mass is 9.44. The molecule has 35 heavy (non-hydrogen) atoms. The van der Waals surface area contributed by atoms with Crippen molar-refractivity contribution in [2.24, 2.45) is 27.8 Å². The van der Waals surface area contributed by atoms with Crippen molar-refractivity contribution in [2.75, 3.05) is 6.54 Å². The first-order chi connectivity index (χ1) is 16.5. The monoisotopic (exact) mass is 492 g/mol. The van der Waals surface area contributed by atoms with Gasteiger partial charge in [-0.05, 0) is 56.3 Å². The third kappa shape index (κ3) is 2.91. The number of carbonyl (C=O) groups is 2. The molecule has 0 aromatic carbocycles. The predicted molar refractivity (Wildman–Crippen MR) is 119 cm³/mol. The van der Waals surface area contributed by atoms with Crippen molar-refractivity contribution < 1.29 is 33.0 Å². The second-order valence-corrected chi connectivity index (χ2v) is 11.1. The quantitative estimate of drug-likeness (QED) is 0.450. The largest absolute Gasteiger partial charge is 0.390 e. The number of fused-ring (bicyclic) bond motifs is 7. The smallest absolute Gasteiger partial charge is 0.214 e. The second kappa shape index (κ2) is 7.93. The van der Waals surface area contributed by atoms with Gasteiger partial charge in [-0.2, -0.15) is 0 Å². The number of carbonyl (C=O) groups excluding carboxylic acids is 2. The minimum atomic E-state index is -2.24. The van der Waals surface area contributed by atoms with E-state index in [1.54, 1.807) is 13.8 Å². The number of aliphatic hydroxyl groups is 1. The van der Waals surface area contributed by atoms with E-state index < -0.39 is 76.7 Å². The number of nitrogens with zero attached hydrogens (tertiary/aromatic N) is 2. The molecule has 0 aromatic rings. The molecule has 10 heteroatoms. The van der Waals surface area contributed by atoms with Crippen LogP contribution in [0.25, 0.3) is 0 Å². The number of aliphatic hydroxyl groups excluding tert-OH is 1. The molecule has 4 aliphatic carbocycles. The topological polar surface area (TPSA) is 123 Å². The number of allylic oxidation sites excluding steroid dienone is 4. The molecule has 0 spiro atoms. The van der Waals surface area contributed by atoms with Gasteiger partial charge in [0.15, 0.2) is 35.7 Å². The minimum Gasteiger partial charge on any atom is -0.390 e. The summed E-state index contributed by atoms with van der Waals surface area (Å²) in [5.74, 6) is -2.29. The molecular formula is C25H32F2N3O5+. The number of hydrogen-bond donors (Lipinski definition) is 2. The maximum Gasteiger partial charge on any atom is 0.214 e. The molecule has 1 heterocycles. The van der Waals surface area contributed by atoms with Crippen LogP contribution in [0.2, 0.25) is 0 Å². The molecular weight excluding hydrogens is 460 g/mol. The van der Waals surface area contributed by atoms with Gasteiger partial charge in [0.2, 0.25) is 4.91 Å². The summed E-state index contributed by atoms with van der Waals surface area (Å²) in [6, 6.07) is 0. The van der Waals surface area contributed by atoms with Crippen LogP contribution in [0.4, 0.5) is 8.78 Å². The van der Waals surface area contributed by atoms with E-state index in [0.717, 1.165) is 12.5 Å². The molecule has 10 atom stereocenters. The van der Waals surface area contributed by atoms with Crippen molar-refractivity contribution in [1.29, 1.82) is 5.53 Å². The standard InChI is InChI=1S/C25H32F2N3O5/c1-4-5-21-34-20-10-14-15-9-17(26)16-8-13(31)6-7-22(16,2)24(15,27)18(32)11-23(14,3)25(20,35-21)19(33)12-29-30-28/h6-8,14-15,17-18,20-21,28,32H,4-5,9-12H2,1-3H3/q+1/t14-,15-,17-,18-,20+,21?,22-,23-,24-,25+/m0/s1. The fourth-order valence-corrected chi connectivity index (χ4v) is 8.10. The van der Waals surface area contributed by atoms with Gasteiger partial charge in [-0.1, -0.05) is 26.3 Å². The Labute approximate surface area is 202 Å². The zero-order valence-corrected chi connectivity index (χ0v) is 20.2. The Kier molecular flexibility index (Phi) is 5.57. The maximum absolute atomic E-state index is 17.3. The van der Waals surface area contributed by atoms with E-state index >= 15 is 8.78 Å². The van der Waals surface area contributed by atoms with Gasteiger partial charge in [0.1, 0.15) is 16.8 Å². The van der Waals surface area contributed by atoms with Gasteiger partial charge < -0.3 is 14.6 Å². The molecule has 0 amide bonds. The lowest BCUT2D eigenvalue weighted by Crippen LogP contribution is -2.70. The number of hydrogen-bond acceptors (Lipinski definition) is 7. The van der Waals surface area contributed by atoms with Crippen molar-refractivity contribution in [1.82, 2.24) is 4.91 Å². The van der Waals surface area contributed by atoms with Crippen LogP contribution in [0.15, 0.2) is 28.9 Å². The Bertz CT molecular complexity index is 1080. The molecule has 2 N–H and O–H groups in total. The highest BCUT2D eigenvalue weighted by Gasteiger charge is 2.80. The number of halogens is 2. The lowest BCUT2D eigenvalue weighted by Gasteiger charge is -2.63. The molecule has 8 nitrogen and oxygen atoms in total. The van der Waals surface area contributed by atoms with Crippen LogP contribution in [-0.2, 0) is 19.1 Å². The van der Waals surface area contributed by atoms with E-state index in [1.807, 2.05) is 6.92 Å². The molecule has 0 aromatic heterocycles. The van der Waals surface area contributed by atoms with E-state index in [4.69, 9.17) is 15.0 Å². The van der Waals surface area contributed by atoms with Crippen LogP contribution in [-0.4, -0.2) is 59.2 Å². The first-order valence-electron chi connectivity index (χ1n) is 12.4. The molecule has 1 unspecified atom stereocenters. The summed E-state index contributed by atoms with van der Waals surface area (Å²) < 4.78 is 45.4. The Morgan fingerprint density at radius 3 is 2.77 bits per heavy atom. The van der Waals surface area contributed by atoms with Crippen LogP contribution < -0.4 is 4.91 Å². The summed E-state index contributed by atoms with van der Waals surface area (Å²) in [7, 11) is 0. The molecule has 1 saturated heterocycles. The number of rotatable bonds is 5. The van der Waals surface area contributed by atoms with Crippen LogP contribution in [0, 0.1) is 28.2 Å². The summed E-state index contributed by atoms with van der Waals surface area (Å²) in [5.41, 5.74) is 0.740. The highest BCUT2D eigenvalue weighted by atomic mass is 19.1. The third-order valence-corrected chi connectivity index (χ3v) is 9.65. The molecule has 0 bridgehead atoms. The van der Waals surface area contributed by atoms with Crippen molar-refractivity contribution in [3.63, 3.8) is 0 Å². The second-order valence-electron chi connectivity index (χ2n) is 11.1. The number of alkyl halides is 2. The van der Waals surface area contributed by atoms with E-state index in [-0.39, 0.29) is 24.8 Å². The Morgan fingerprint density at radius 1 is 1.34 bits per heavy atom. The Hall–Kier alpha value is -2.13. The number of Topliss-reactive ketones (excluding diaryl/α,β-unsaturated/α-hetero) is 1. The summed E-state index contributed by atoms with van der Waals surface area (Å²) in [6.45, 7) is 4.91. The maximum atomic E-state index is 17.3. The SMILES string of the molecule is CCCC1O[C@@H]2C[C@H]3[C@@H]4C[C@H](F)C5=CC(=O)C=C[C@]5(C)[C@@]4(F)[C@@H](O)C[C@]3(C)[C@]2(C(=O)CN=[N+]=N)O1. The van der Waals surface area contributed by atoms with E-state index in [9.17, 15) is 14.7 Å². The minimum absolute atomic E-state index is 0.0572. The molecule has 5 aliphatic rings. The van der Waals surface area contributed by atoms with E-state index in [0.29, 0.717) is 6.42 Å². The van der Waals surface area contributed by atoms with Gasteiger partial charge in [0.25, 0.3) is 0 Å². The van der Waals surface area contributed by atoms with Gasteiger partial charge in [-0.25, -0.2) is 8.78 Å². The molecule has 3 saturated carbocycles. The fraction of sp³-hybridized carbons (Fsp3) is 0.760. The first kappa shape index (κ1) is 24.6. The van der Waals surface area contributed by atoms with Crippen LogP contribution in [0.3, 0.4) is 0 Å². The van der Waals surface area contributed by atoms with Crippen LogP contribution in [0.1, 0.15) is 52.9 Å². The molecule has 5 rings (SSSR count). The average Bonchev–Trinajstić information content (AvgIpc) is 3.28. The number of nitrogens with one attached hydrogen (secondary N) is 1. The zero-order valence-electron chi connectivity index (χ0n) is 20.2. The van der Waals surface area contributed by atoms with E-state index in [1.165, 1.54) is 12.2 Å². The summed E-state index contributed by atoms with van der Waals surface area (Å²) in [5, 5.41) is 15.0. The molecule has 4 fully saturated rings. The Morgan fingerprint density at radius 2 is 2.09 bits per heavy atom. The van der Waals surface area contributed by atoms with Crippen molar-refractivity contribution in [3.8, 4) is 0 Å². The van der Waals surface area contributed by atoms with Gasteiger partial charge in [-0.3, -0.25) is 9.59 Å². The number of ether oxygens (including phenoxy) is 2. The third-order valence-electron chi connectivity index (χ3n) is 9.65. The van der Waals surface area contributed by atoms with Crippen LogP contribution in [0.5, 0.6) is 0 Å². The fourth-order valence-electron chi connectivity index (χ4n) is 8.10. The zero-order chi connectivity index (χ0) is 25.4. The van der Waals surface area contributed by atoms with Crippen molar-refractivity contribution >= 4 is 11.6 Å². The highest BCUT2D eigenvalue weighted by molar-refractivity contribution is 6.01. The molecule has 190 valence electrons. The number of ketones is 2. The highest BCUT2D eigenvalue weighted by Crippen LogP contribution is 2.72. The summed E-state index contributed by atoms with van der Waals surface area (Å²) >= 11 is 0. The van der Waals surface area contributed by atoms with Crippen LogP contribution >= 0.6 is 0 Å². The van der Waals surface area contributed by atoms with E-state index in [2.05, 4.69) is 10.0 Å². The van der Waals surface area contributed by atoms with Crippen molar-refractivity contribution in [2.45, 2.75) is 88.8 Å². The summed E-state index contributed by atoms with van der Waals surface area (Å²) in [4.78, 5) is 28.6. The normalized spacial score (nSPS) is 49.9. The van der Waals surface area contributed by atoms with Gasteiger partial charge >= 0.3 is 0 Å². The van der Waals surface area contributed by atoms with Gasteiger partial charge in [0.05, 0.1) is 12.2 Å². The average molecular weight is 493 g/mol. The predicted octanol–water partition coefficient (Wildman–Crippen LogP) is 3.31. The summed E-state index contributed by atoms with van der Waals surface area (Å²) in [6.07, 6.45) is 0.631. The van der Waals surface area contributed by atoms with Gasteiger partial charge in [0, 0.05) is 16.7 Å². The molecule has 1 aliphatic heterocycles. The Balaban J connectivity index is 1.62. The van der Waals surface area contributed by atoms with Gasteiger partial charge in [-0.15, -0.1) is 0 Å². The first-order valence-corrected chi connectivity index (χ1v) is 12.4. The molecule has 0 radical (unpaired) electrons.